The average molecular weight is 273 g/mol. The third-order valence-corrected chi connectivity index (χ3v) is 3.61. The summed E-state index contributed by atoms with van der Waals surface area (Å²) >= 11 is 0. The van der Waals surface area contributed by atoms with Crippen molar-refractivity contribution < 1.29 is 0 Å². The molecule has 0 fully saturated rings. The van der Waals surface area contributed by atoms with Gasteiger partial charge in [-0.05, 0) is 39.6 Å². The van der Waals surface area contributed by atoms with E-state index in [0.717, 1.165) is 38.2 Å². The number of rotatable bonds is 6. The number of hydrogen-bond donors (Lipinski definition) is 0. The summed E-state index contributed by atoms with van der Waals surface area (Å²) in [6.07, 6.45) is 11.5. The molecule has 0 nitrogen and oxygen atoms in total. The van der Waals surface area contributed by atoms with E-state index in [1.165, 1.54) is 0 Å². The second kappa shape index (κ2) is 7.49. The standard InChI is InChI=1S/C20H22B/c1-8-15(21-7)13-20-14(6)16(9-2)17(10-3)18(11-4)19(20)12-5/h8-13H,2-6H2,1,7H3/b15-8+,20-13+. The zero-order chi connectivity index (χ0) is 16.0. The van der Waals surface area contributed by atoms with Crippen LogP contribution in [0.4, 0.5) is 0 Å². The Balaban J connectivity index is 4.11. The quantitative estimate of drug-likeness (QED) is 0.684. The first kappa shape index (κ1) is 16.8. The Labute approximate surface area is 129 Å². The van der Waals surface area contributed by atoms with Crippen LogP contribution in [0.1, 0.15) is 29.2 Å². The fourth-order valence-corrected chi connectivity index (χ4v) is 2.46. The minimum atomic E-state index is 0.932. The van der Waals surface area contributed by atoms with Crippen molar-refractivity contribution in [1.82, 2.24) is 0 Å². The molecule has 1 radical (unpaired) electrons. The van der Waals surface area contributed by atoms with Gasteiger partial charge < -0.3 is 0 Å². The van der Waals surface area contributed by atoms with Gasteiger partial charge in [-0.3, -0.25) is 0 Å². The average Bonchev–Trinajstić information content (AvgIpc) is 2.52. The van der Waals surface area contributed by atoms with Gasteiger partial charge >= 0.3 is 0 Å². The lowest BCUT2D eigenvalue weighted by molar-refractivity contribution is 1.42. The van der Waals surface area contributed by atoms with Crippen LogP contribution in [0.2, 0.25) is 6.82 Å². The summed E-state index contributed by atoms with van der Waals surface area (Å²) in [7, 11) is 2.06. The van der Waals surface area contributed by atoms with Crippen LogP contribution in [0, 0.1) is 0 Å². The SMILES string of the molecule is C=Cc1c(C=C)c(C=C)/c(=C/C([B]C)=C\C)c(=C)c1C=C. The zero-order valence-corrected chi connectivity index (χ0v) is 13.1. The van der Waals surface area contributed by atoms with Gasteiger partial charge in [0.2, 0.25) is 0 Å². The van der Waals surface area contributed by atoms with Crippen molar-refractivity contribution in [2.45, 2.75) is 13.7 Å². The molecular weight excluding hydrogens is 251 g/mol. The molecule has 0 aromatic heterocycles. The fourth-order valence-electron chi connectivity index (χ4n) is 2.46. The van der Waals surface area contributed by atoms with Crippen molar-refractivity contribution in [2.75, 3.05) is 0 Å². The van der Waals surface area contributed by atoms with Crippen LogP contribution in [0.25, 0.3) is 37.0 Å². The summed E-state index contributed by atoms with van der Waals surface area (Å²) in [5.41, 5.74) is 5.17. The molecular formula is C20H22B. The second-order valence-corrected chi connectivity index (χ2v) is 4.59. The number of allylic oxidation sites excluding steroid dienone is 2. The highest BCUT2D eigenvalue weighted by atomic mass is 14.1. The lowest BCUT2D eigenvalue weighted by atomic mass is 9.71. The van der Waals surface area contributed by atoms with Crippen LogP contribution in [0.15, 0.2) is 37.9 Å². The van der Waals surface area contributed by atoms with Gasteiger partial charge in [-0.25, -0.2) is 0 Å². The smallest absolute Gasteiger partial charge is 0.0984 e. The third kappa shape index (κ3) is 3.08. The third-order valence-electron chi connectivity index (χ3n) is 3.61. The van der Waals surface area contributed by atoms with E-state index >= 15 is 0 Å². The van der Waals surface area contributed by atoms with Gasteiger partial charge in [-0.15, -0.1) is 0 Å². The lowest BCUT2D eigenvalue weighted by Crippen LogP contribution is -2.31. The van der Waals surface area contributed by atoms with Crippen LogP contribution in [-0.4, -0.2) is 7.28 Å². The van der Waals surface area contributed by atoms with E-state index in [4.69, 9.17) is 0 Å². The van der Waals surface area contributed by atoms with Crippen LogP contribution in [-0.2, 0) is 0 Å². The maximum absolute atomic E-state index is 4.23. The van der Waals surface area contributed by atoms with Gasteiger partial charge in [0.15, 0.2) is 0 Å². The van der Waals surface area contributed by atoms with E-state index in [2.05, 4.69) is 52.3 Å². The van der Waals surface area contributed by atoms with Gasteiger partial charge in [-0.1, -0.05) is 81.6 Å². The van der Waals surface area contributed by atoms with Crippen LogP contribution in [0.5, 0.6) is 0 Å². The van der Waals surface area contributed by atoms with E-state index in [1.54, 1.807) is 0 Å². The first-order valence-corrected chi connectivity index (χ1v) is 6.95. The maximum Gasteiger partial charge on any atom is 0.147 e. The van der Waals surface area contributed by atoms with Crippen LogP contribution < -0.4 is 10.4 Å². The fraction of sp³-hybridized carbons (Fsp3) is 0.100. The first-order chi connectivity index (χ1) is 10.1. The summed E-state index contributed by atoms with van der Waals surface area (Å²) in [6.45, 7) is 23.9. The highest BCUT2D eigenvalue weighted by Gasteiger charge is 2.09. The molecule has 0 saturated heterocycles. The van der Waals surface area contributed by atoms with Crippen molar-refractivity contribution in [2.24, 2.45) is 0 Å². The predicted molar refractivity (Wildman–Crippen MR) is 101 cm³/mol. The van der Waals surface area contributed by atoms with Crippen LogP contribution in [0.3, 0.4) is 0 Å². The molecule has 1 aromatic carbocycles. The van der Waals surface area contributed by atoms with Gasteiger partial charge in [0, 0.05) is 0 Å². The molecule has 1 heteroatoms. The van der Waals surface area contributed by atoms with Gasteiger partial charge in [0.1, 0.15) is 7.28 Å². The molecule has 0 N–H and O–H groups in total. The second-order valence-electron chi connectivity index (χ2n) is 4.59. The molecule has 1 aromatic rings. The largest absolute Gasteiger partial charge is 0.147 e. The van der Waals surface area contributed by atoms with Crippen LogP contribution >= 0.6 is 0 Å². The Hall–Kier alpha value is -2.28. The summed E-state index contributed by atoms with van der Waals surface area (Å²) in [5.74, 6) is 0. The van der Waals surface area contributed by atoms with E-state index in [9.17, 15) is 0 Å². The maximum atomic E-state index is 4.23. The Kier molecular flexibility index (Phi) is 5.99. The molecule has 0 aliphatic heterocycles. The molecule has 0 bridgehead atoms. The Morgan fingerprint density at radius 3 is 1.71 bits per heavy atom. The molecule has 21 heavy (non-hydrogen) atoms. The normalized spacial score (nSPS) is 11.9. The van der Waals surface area contributed by atoms with E-state index in [-0.39, 0.29) is 0 Å². The molecule has 0 aliphatic rings. The van der Waals surface area contributed by atoms with Gasteiger partial charge in [0.05, 0.1) is 0 Å². The Morgan fingerprint density at radius 2 is 1.33 bits per heavy atom. The van der Waals surface area contributed by atoms with Crippen molar-refractivity contribution in [3.63, 3.8) is 0 Å². The topological polar surface area (TPSA) is 0 Å². The predicted octanol–water partition coefficient (Wildman–Crippen LogP) is 4.11. The van der Waals surface area contributed by atoms with Crippen molar-refractivity contribution in [3.05, 3.63) is 70.6 Å². The van der Waals surface area contributed by atoms with E-state index in [0.29, 0.717) is 0 Å². The molecule has 105 valence electrons. The molecule has 1 rings (SSSR count). The van der Waals surface area contributed by atoms with Gasteiger partial charge in [-0.2, -0.15) is 0 Å². The molecule has 0 saturated carbocycles. The first-order valence-electron chi connectivity index (χ1n) is 6.95. The highest BCUT2D eigenvalue weighted by molar-refractivity contribution is 6.46. The highest BCUT2D eigenvalue weighted by Crippen LogP contribution is 2.19. The lowest BCUT2D eigenvalue weighted by Gasteiger charge is -2.13. The van der Waals surface area contributed by atoms with E-state index in [1.807, 2.05) is 38.1 Å². The minimum Gasteiger partial charge on any atom is -0.0984 e. The van der Waals surface area contributed by atoms with Crippen molar-refractivity contribution in [1.29, 1.82) is 0 Å². The summed E-state index contributed by atoms with van der Waals surface area (Å²) in [5, 5.41) is 1.98. The minimum absolute atomic E-state index is 0.932. The van der Waals surface area contributed by atoms with Crippen molar-refractivity contribution in [3.8, 4) is 0 Å². The monoisotopic (exact) mass is 273 g/mol. The molecule has 0 atom stereocenters. The summed E-state index contributed by atoms with van der Waals surface area (Å²) in [6, 6.07) is 0. The molecule has 0 spiro atoms. The van der Waals surface area contributed by atoms with E-state index < -0.39 is 0 Å². The molecule has 0 unspecified atom stereocenters. The molecule has 0 aliphatic carbocycles. The number of benzene rings is 1. The molecule has 0 heterocycles. The Bertz CT molecular complexity index is 730. The Morgan fingerprint density at radius 1 is 0.857 bits per heavy atom. The molecule has 0 amide bonds. The summed E-state index contributed by atoms with van der Waals surface area (Å²) in [4.78, 5) is 0. The zero-order valence-electron chi connectivity index (χ0n) is 13.1. The van der Waals surface area contributed by atoms with Crippen molar-refractivity contribution >= 4 is 44.2 Å². The number of hydrogen-bond acceptors (Lipinski definition) is 0. The summed E-state index contributed by atoms with van der Waals surface area (Å²) < 4.78 is 0. The van der Waals surface area contributed by atoms with Gasteiger partial charge in [0.25, 0.3) is 0 Å².